The third kappa shape index (κ3) is 13.6. The van der Waals surface area contributed by atoms with Crippen LogP contribution in [0.1, 0.15) is 53.4 Å². The molecule has 0 bridgehead atoms. The Hall–Kier alpha value is -2.51. The van der Waals surface area contributed by atoms with Gasteiger partial charge in [-0.1, -0.05) is 27.7 Å². The number of alkyl halides is 1. The molecule has 7 N–H and O–H groups in total. The molecule has 0 aromatic carbocycles. The van der Waals surface area contributed by atoms with Crippen LogP contribution in [0.4, 0.5) is 4.79 Å². The summed E-state index contributed by atoms with van der Waals surface area (Å²) in [5, 5.41) is 11.5. The highest BCUT2D eigenvalue weighted by Crippen LogP contribution is 2.09. The topological polar surface area (TPSA) is 192 Å². The van der Waals surface area contributed by atoms with E-state index in [0.29, 0.717) is 37.2 Å². The van der Waals surface area contributed by atoms with Gasteiger partial charge in [0.2, 0.25) is 17.7 Å². The predicted octanol–water partition coefficient (Wildman–Crippen LogP) is 0.505. The molecule has 0 aromatic heterocycles. The van der Waals surface area contributed by atoms with E-state index in [1.165, 1.54) is 11.9 Å². The maximum Gasteiger partial charge on any atom is 0.342 e. The van der Waals surface area contributed by atoms with Crippen LogP contribution in [-0.4, -0.2) is 90.9 Å². The van der Waals surface area contributed by atoms with E-state index in [2.05, 4.69) is 21.2 Å². The minimum absolute atomic E-state index is 0.0357. The normalized spacial score (nSPS) is 13.5. The number of nitrogens with zero attached hydrogens (tertiary/aromatic N) is 3. The van der Waals surface area contributed by atoms with Crippen molar-refractivity contribution in [3.8, 4) is 0 Å². The molecule has 5 amide bonds. The SMILES string of the molecule is CC(C)C[C@H](NC(=O)[C@H](N)C(C)C)C(=O)N[C@@H](CCCCN)C(=O)NCCN(C)C(=O)N(CCCl)N=O. The van der Waals surface area contributed by atoms with Gasteiger partial charge in [-0.25, -0.2) is 4.79 Å². The van der Waals surface area contributed by atoms with E-state index in [0.717, 1.165) is 0 Å². The molecule has 0 unspecified atom stereocenters. The predicted molar refractivity (Wildman–Crippen MR) is 143 cm³/mol. The zero-order valence-corrected chi connectivity index (χ0v) is 23.4. The molecule has 14 heteroatoms. The highest BCUT2D eigenvalue weighted by atomic mass is 35.5. The molecule has 0 rings (SSSR count). The van der Waals surface area contributed by atoms with Crippen molar-refractivity contribution in [2.45, 2.75) is 71.5 Å². The van der Waals surface area contributed by atoms with E-state index in [4.69, 9.17) is 23.1 Å². The van der Waals surface area contributed by atoms with Gasteiger partial charge >= 0.3 is 6.03 Å². The monoisotopic (exact) mass is 548 g/mol. The first-order valence-electron chi connectivity index (χ1n) is 12.6. The first kappa shape index (κ1) is 34.5. The Morgan fingerprint density at radius 2 is 1.57 bits per heavy atom. The number of carbonyl (C=O) groups excluding carboxylic acids is 4. The highest BCUT2D eigenvalue weighted by molar-refractivity contribution is 6.18. The number of nitrogens with two attached hydrogens (primary N) is 2. The van der Waals surface area contributed by atoms with Crippen LogP contribution >= 0.6 is 11.6 Å². The van der Waals surface area contributed by atoms with Crippen LogP contribution in [0.5, 0.6) is 0 Å². The number of nitrogens with one attached hydrogen (secondary N) is 3. The van der Waals surface area contributed by atoms with Gasteiger partial charge in [0, 0.05) is 26.0 Å². The number of nitroso groups, excluding NO2 is 1. The maximum absolute atomic E-state index is 13.1. The number of urea groups is 1. The highest BCUT2D eigenvalue weighted by Gasteiger charge is 2.29. The quantitative estimate of drug-likeness (QED) is 0.0712. The standard InChI is InChI=1S/C23H45ClN8O5/c1-15(2)14-18(29-22(35)19(26)16(3)4)21(34)28-17(8-6-7-10-25)20(33)27-11-13-31(5)23(36)32(30-37)12-9-24/h15-19H,6-14,25-26H2,1-5H3,(H,27,33)(H,28,34)(H,29,35)/t17-,18-,19+/m0/s1. The molecule has 37 heavy (non-hydrogen) atoms. The Balaban J connectivity index is 5.27. The number of hydrogen-bond acceptors (Lipinski definition) is 8. The van der Waals surface area contributed by atoms with Gasteiger partial charge in [0.1, 0.15) is 12.1 Å². The molecular weight excluding hydrogens is 504 g/mol. The fourth-order valence-electron chi connectivity index (χ4n) is 3.32. The van der Waals surface area contributed by atoms with E-state index in [9.17, 15) is 24.1 Å². The lowest BCUT2D eigenvalue weighted by Gasteiger charge is -2.26. The van der Waals surface area contributed by atoms with Gasteiger partial charge < -0.3 is 32.3 Å². The summed E-state index contributed by atoms with van der Waals surface area (Å²) in [6.07, 6.45) is 1.98. The molecule has 0 saturated heterocycles. The van der Waals surface area contributed by atoms with Crippen molar-refractivity contribution in [2.24, 2.45) is 28.6 Å². The third-order valence-electron chi connectivity index (χ3n) is 5.63. The summed E-state index contributed by atoms with van der Waals surface area (Å²) in [5.74, 6) is -1.30. The number of likely N-dealkylation sites (N-methyl/N-ethyl adjacent to an activating group) is 1. The average molecular weight is 549 g/mol. The van der Waals surface area contributed by atoms with Crippen LogP contribution in [0.25, 0.3) is 0 Å². The van der Waals surface area contributed by atoms with Crippen molar-refractivity contribution in [1.82, 2.24) is 25.9 Å². The number of hydrogen-bond donors (Lipinski definition) is 5. The van der Waals surface area contributed by atoms with Crippen LogP contribution in [0.3, 0.4) is 0 Å². The zero-order valence-electron chi connectivity index (χ0n) is 22.7. The van der Waals surface area contributed by atoms with Crippen molar-refractivity contribution in [1.29, 1.82) is 0 Å². The second-order valence-corrected chi connectivity index (χ2v) is 10.1. The first-order valence-corrected chi connectivity index (χ1v) is 13.2. The number of halogens is 1. The van der Waals surface area contributed by atoms with Gasteiger partial charge in [-0.05, 0) is 44.1 Å². The minimum atomic E-state index is -0.866. The van der Waals surface area contributed by atoms with Crippen molar-refractivity contribution < 1.29 is 19.2 Å². The van der Waals surface area contributed by atoms with E-state index in [1.54, 1.807) is 0 Å². The van der Waals surface area contributed by atoms with Crippen LogP contribution in [0.15, 0.2) is 5.29 Å². The molecule has 0 spiro atoms. The molecule has 13 nitrogen and oxygen atoms in total. The number of carbonyl (C=O) groups is 4. The molecule has 0 saturated carbocycles. The molecule has 0 aliphatic carbocycles. The molecule has 0 fully saturated rings. The maximum atomic E-state index is 13.1. The minimum Gasteiger partial charge on any atom is -0.353 e. The zero-order chi connectivity index (χ0) is 28.5. The van der Waals surface area contributed by atoms with E-state index in [1.807, 2.05) is 27.7 Å². The molecule has 0 aromatic rings. The van der Waals surface area contributed by atoms with Crippen LogP contribution in [0, 0.1) is 16.7 Å². The van der Waals surface area contributed by atoms with Gasteiger partial charge in [0.15, 0.2) is 0 Å². The molecule has 0 radical (unpaired) electrons. The Kier molecular flexibility index (Phi) is 17.4. The Morgan fingerprint density at radius 3 is 2.08 bits per heavy atom. The summed E-state index contributed by atoms with van der Waals surface area (Å²) < 4.78 is 0. The summed E-state index contributed by atoms with van der Waals surface area (Å²) in [4.78, 5) is 62.8. The number of amides is 5. The summed E-state index contributed by atoms with van der Waals surface area (Å²) in [7, 11) is 1.46. The summed E-state index contributed by atoms with van der Waals surface area (Å²) in [5.41, 5.74) is 11.5. The van der Waals surface area contributed by atoms with E-state index >= 15 is 0 Å². The summed E-state index contributed by atoms with van der Waals surface area (Å²) >= 11 is 5.56. The molecule has 214 valence electrons. The second-order valence-electron chi connectivity index (χ2n) is 9.70. The smallest absolute Gasteiger partial charge is 0.342 e. The van der Waals surface area contributed by atoms with Crippen molar-refractivity contribution >= 4 is 35.4 Å². The van der Waals surface area contributed by atoms with Gasteiger partial charge in [0.05, 0.1) is 17.9 Å². The second kappa shape index (κ2) is 18.7. The lowest BCUT2D eigenvalue weighted by molar-refractivity contribution is -0.133. The van der Waals surface area contributed by atoms with Crippen LogP contribution in [0.2, 0.25) is 0 Å². The Labute approximate surface area is 224 Å². The molecular formula is C23H45ClN8O5. The Bertz CT molecular complexity index is 740. The molecule has 0 aliphatic heterocycles. The van der Waals surface area contributed by atoms with Crippen LogP contribution in [-0.2, 0) is 14.4 Å². The average Bonchev–Trinajstić information content (AvgIpc) is 2.84. The van der Waals surface area contributed by atoms with Gasteiger partial charge in [-0.3, -0.25) is 14.4 Å². The van der Waals surface area contributed by atoms with Crippen molar-refractivity contribution in [2.75, 3.05) is 39.1 Å². The molecule has 0 aliphatic rings. The first-order chi connectivity index (χ1) is 17.4. The van der Waals surface area contributed by atoms with Crippen molar-refractivity contribution in [3.05, 3.63) is 4.91 Å². The van der Waals surface area contributed by atoms with E-state index < -0.39 is 41.9 Å². The lowest BCUT2D eigenvalue weighted by atomic mass is 10.00. The summed E-state index contributed by atoms with van der Waals surface area (Å²) in [6, 6.07) is -3.13. The fraction of sp³-hybridized carbons (Fsp3) is 0.826. The fourth-order valence-corrected chi connectivity index (χ4v) is 3.48. The van der Waals surface area contributed by atoms with Gasteiger partial charge in [0.25, 0.3) is 0 Å². The Morgan fingerprint density at radius 1 is 0.946 bits per heavy atom. The molecule has 0 heterocycles. The largest absolute Gasteiger partial charge is 0.353 e. The number of rotatable bonds is 18. The lowest BCUT2D eigenvalue weighted by Crippen LogP contribution is -2.57. The van der Waals surface area contributed by atoms with Gasteiger partial charge in [-0.15, -0.1) is 16.5 Å². The number of unbranched alkanes of at least 4 members (excludes halogenated alkanes) is 1. The molecule has 3 atom stereocenters. The van der Waals surface area contributed by atoms with E-state index in [-0.39, 0.29) is 37.4 Å². The van der Waals surface area contributed by atoms with Crippen molar-refractivity contribution in [3.63, 3.8) is 0 Å². The third-order valence-corrected chi connectivity index (χ3v) is 5.80. The van der Waals surface area contributed by atoms with Gasteiger partial charge in [-0.2, -0.15) is 5.01 Å². The van der Waals surface area contributed by atoms with Crippen LogP contribution < -0.4 is 27.4 Å². The summed E-state index contributed by atoms with van der Waals surface area (Å²) in [6.45, 7) is 8.06.